The van der Waals surface area contributed by atoms with Gasteiger partial charge >= 0.3 is 0 Å². The summed E-state index contributed by atoms with van der Waals surface area (Å²) in [6, 6.07) is 4.58. The minimum absolute atomic E-state index is 0.282. The fourth-order valence-corrected chi connectivity index (χ4v) is 2.37. The van der Waals surface area contributed by atoms with Crippen molar-refractivity contribution in [1.29, 1.82) is 0 Å². The van der Waals surface area contributed by atoms with Crippen LogP contribution in [0.15, 0.2) is 18.2 Å². The third-order valence-corrected chi connectivity index (χ3v) is 3.46. The molecule has 16 heavy (non-hydrogen) atoms. The summed E-state index contributed by atoms with van der Waals surface area (Å²) in [7, 11) is 0. The third-order valence-electron chi connectivity index (χ3n) is 3.11. The highest BCUT2D eigenvalue weighted by atomic mass is 35.5. The molecule has 2 rings (SSSR count). The van der Waals surface area contributed by atoms with Gasteiger partial charge in [0.1, 0.15) is 5.82 Å². The zero-order valence-electron chi connectivity index (χ0n) is 9.13. The van der Waals surface area contributed by atoms with Gasteiger partial charge < -0.3 is 5.73 Å². The van der Waals surface area contributed by atoms with Crippen LogP contribution in [-0.4, -0.2) is 24.5 Å². The van der Waals surface area contributed by atoms with E-state index in [1.807, 2.05) is 0 Å². The molecule has 1 saturated heterocycles. The molecule has 1 aromatic rings. The van der Waals surface area contributed by atoms with E-state index in [1.165, 1.54) is 12.1 Å². The monoisotopic (exact) mass is 242 g/mol. The molecule has 0 aromatic heterocycles. The van der Waals surface area contributed by atoms with Crippen LogP contribution in [0.4, 0.5) is 4.39 Å². The molecule has 1 unspecified atom stereocenters. The first-order valence-electron chi connectivity index (χ1n) is 5.55. The fraction of sp³-hybridized carbons (Fsp3) is 0.500. The van der Waals surface area contributed by atoms with Crippen LogP contribution in [0.3, 0.4) is 0 Å². The Morgan fingerprint density at radius 2 is 2.31 bits per heavy atom. The summed E-state index contributed by atoms with van der Waals surface area (Å²) in [6.07, 6.45) is 1.15. The van der Waals surface area contributed by atoms with Crippen LogP contribution in [-0.2, 0) is 6.54 Å². The van der Waals surface area contributed by atoms with E-state index in [9.17, 15) is 4.39 Å². The van der Waals surface area contributed by atoms with Crippen molar-refractivity contribution >= 4 is 11.6 Å². The SMILES string of the molecule is NCC1CCN(Cc2ccc(F)cc2Cl)C1. The van der Waals surface area contributed by atoms with Gasteiger partial charge in [0, 0.05) is 18.1 Å². The van der Waals surface area contributed by atoms with Crippen LogP contribution in [0.1, 0.15) is 12.0 Å². The van der Waals surface area contributed by atoms with Gasteiger partial charge in [0.25, 0.3) is 0 Å². The lowest BCUT2D eigenvalue weighted by Crippen LogP contribution is -2.22. The minimum Gasteiger partial charge on any atom is -0.330 e. The maximum Gasteiger partial charge on any atom is 0.124 e. The predicted octanol–water partition coefficient (Wildman–Crippen LogP) is 2.26. The molecule has 88 valence electrons. The Kier molecular flexibility index (Phi) is 3.79. The van der Waals surface area contributed by atoms with Crippen molar-refractivity contribution in [2.45, 2.75) is 13.0 Å². The summed E-state index contributed by atoms with van der Waals surface area (Å²) in [5.41, 5.74) is 6.62. The van der Waals surface area contributed by atoms with Crippen LogP contribution in [0.2, 0.25) is 5.02 Å². The van der Waals surface area contributed by atoms with Crippen LogP contribution in [0.5, 0.6) is 0 Å². The second-order valence-corrected chi connectivity index (χ2v) is 4.77. The van der Waals surface area contributed by atoms with Crippen LogP contribution >= 0.6 is 11.6 Å². The standard InChI is InChI=1S/C12H16ClFN2/c13-12-5-11(14)2-1-10(12)8-16-4-3-9(6-15)7-16/h1-2,5,9H,3-4,6-8,15H2. The van der Waals surface area contributed by atoms with Crippen LogP contribution in [0, 0.1) is 11.7 Å². The van der Waals surface area contributed by atoms with Crippen LogP contribution in [0.25, 0.3) is 0 Å². The highest BCUT2D eigenvalue weighted by Crippen LogP contribution is 2.22. The second-order valence-electron chi connectivity index (χ2n) is 4.36. The lowest BCUT2D eigenvalue weighted by atomic mass is 10.1. The number of hydrogen-bond donors (Lipinski definition) is 1. The van der Waals surface area contributed by atoms with Crippen molar-refractivity contribution in [2.75, 3.05) is 19.6 Å². The van der Waals surface area contributed by atoms with Gasteiger partial charge in [-0.2, -0.15) is 0 Å². The first kappa shape index (κ1) is 11.8. The molecular weight excluding hydrogens is 227 g/mol. The number of nitrogens with zero attached hydrogens (tertiary/aromatic N) is 1. The second kappa shape index (κ2) is 5.13. The normalized spacial score (nSPS) is 21.6. The molecule has 1 aliphatic heterocycles. The van der Waals surface area contributed by atoms with Gasteiger partial charge in [-0.05, 0) is 43.1 Å². The highest BCUT2D eigenvalue weighted by molar-refractivity contribution is 6.31. The highest BCUT2D eigenvalue weighted by Gasteiger charge is 2.21. The first-order valence-corrected chi connectivity index (χ1v) is 5.93. The van der Waals surface area contributed by atoms with E-state index in [0.717, 1.165) is 38.2 Å². The Morgan fingerprint density at radius 1 is 1.50 bits per heavy atom. The summed E-state index contributed by atoms with van der Waals surface area (Å²) >= 11 is 5.99. The molecule has 2 nitrogen and oxygen atoms in total. The van der Waals surface area contributed by atoms with Gasteiger partial charge in [0.2, 0.25) is 0 Å². The molecule has 1 aliphatic rings. The molecule has 1 heterocycles. The van der Waals surface area contributed by atoms with Crippen LogP contribution < -0.4 is 5.73 Å². The molecule has 0 saturated carbocycles. The topological polar surface area (TPSA) is 29.3 Å². The summed E-state index contributed by atoms with van der Waals surface area (Å²) in [4.78, 5) is 2.32. The third kappa shape index (κ3) is 2.73. The predicted molar refractivity (Wildman–Crippen MR) is 63.8 cm³/mol. The Balaban J connectivity index is 1.99. The van der Waals surface area contributed by atoms with E-state index in [-0.39, 0.29) is 5.82 Å². The molecule has 1 atom stereocenters. The van der Waals surface area contributed by atoms with E-state index in [1.54, 1.807) is 6.07 Å². The number of hydrogen-bond acceptors (Lipinski definition) is 2. The number of likely N-dealkylation sites (tertiary alicyclic amines) is 1. The number of halogens is 2. The van der Waals surface area contributed by atoms with Crippen molar-refractivity contribution < 1.29 is 4.39 Å². The summed E-state index contributed by atoms with van der Waals surface area (Å²) in [5.74, 6) is 0.314. The molecule has 4 heteroatoms. The van der Waals surface area contributed by atoms with E-state index in [4.69, 9.17) is 17.3 Å². The Bertz CT molecular complexity index is 370. The maximum atomic E-state index is 12.9. The number of benzene rings is 1. The molecular formula is C12H16ClFN2. The van der Waals surface area contributed by atoms with E-state index in [2.05, 4.69) is 4.90 Å². The van der Waals surface area contributed by atoms with E-state index < -0.39 is 0 Å². The van der Waals surface area contributed by atoms with Gasteiger partial charge in [0.15, 0.2) is 0 Å². The van der Waals surface area contributed by atoms with Crippen molar-refractivity contribution in [3.8, 4) is 0 Å². The zero-order valence-corrected chi connectivity index (χ0v) is 9.88. The average Bonchev–Trinajstić information content (AvgIpc) is 2.70. The van der Waals surface area contributed by atoms with Crippen molar-refractivity contribution in [3.63, 3.8) is 0 Å². The van der Waals surface area contributed by atoms with Gasteiger partial charge in [-0.25, -0.2) is 4.39 Å². The summed E-state index contributed by atoms with van der Waals surface area (Å²) in [5, 5.41) is 0.510. The zero-order chi connectivity index (χ0) is 11.5. The van der Waals surface area contributed by atoms with E-state index in [0.29, 0.717) is 10.9 Å². The van der Waals surface area contributed by atoms with Gasteiger partial charge in [0.05, 0.1) is 0 Å². The van der Waals surface area contributed by atoms with Gasteiger partial charge in [-0.15, -0.1) is 0 Å². The van der Waals surface area contributed by atoms with Crippen molar-refractivity contribution in [3.05, 3.63) is 34.6 Å². The van der Waals surface area contributed by atoms with Crippen molar-refractivity contribution in [1.82, 2.24) is 4.90 Å². The molecule has 1 fully saturated rings. The molecule has 0 spiro atoms. The molecule has 0 amide bonds. The maximum absolute atomic E-state index is 12.9. The number of nitrogens with two attached hydrogens (primary N) is 1. The smallest absolute Gasteiger partial charge is 0.124 e. The van der Waals surface area contributed by atoms with Crippen molar-refractivity contribution in [2.24, 2.45) is 11.7 Å². The average molecular weight is 243 g/mol. The Hall–Kier alpha value is -0.640. The van der Waals surface area contributed by atoms with E-state index >= 15 is 0 Å². The Labute approximate surface area is 100 Å². The largest absolute Gasteiger partial charge is 0.330 e. The summed E-state index contributed by atoms with van der Waals surface area (Å²) < 4.78 is 12.9. The quantitative estimate of drug-likeness (QED) is 0.881. The summed E-state index contributed by atoms with van der Waals surface area (Å²) in [6.45, 7) is 3.60. The molecule has 0 radical (unpaired) electrons. The Morgan fingerprint density at radius 3 is 2.94 bits per heavy atom. The molecule has 0 aliphatic carbocycles. The van der Waals surface area contributed by atoms with Gasteiger partial charge in [-0.1, -0.05) is 17.7 Å². The van der Waals surface area contributed by atoms with Gasteiger partial charge in [-0.3, -0.25) is 4.90 Å². The minimum atomic E-state index is -0.282. The first-order chi connectivity index (χ1) is 7.69. The molecule has 0 bridgehead atoms. The lowest BCUT2D eigenvalue weighted by molar-refractivity contribution is 0.318. The fourth-order valence-electron chi connectivity index (χ4n) is 2.14. The molecule has 1 aromatic carbocycles. The molecule has 2 N–H and O–H groups in total. The number of rotatable bonds is 3. The lowest BCUT2D eigenvalue weighted by Gasteiger charge is -2.16.